The SMILES string of the molecule is O=C(NCCn1nc(C2CC2)cc1C1CC1)C1(c2ccc(Cl)cc2)CCCC1. The Bertz CT molecular complexity index is 858. The molecule has 5 rings (SSSR count). The summed E-state index contributed by atoms with van der Waals surface area (Å²) >= 11 is 6.06. The van der Waals surface area contributed by atoms with Crippen LogP contribution in [0, 0.1) is 0 Å². The smallest absolute Gasteiger partial charge is 0.230 e. The highest BCUT2D eigenvalue weighted by atomic mass is 35.5. The van der Waals surface area contributed by atoms with Crippen LogP contribution < -0.4 is 5.32 Å². The molecule has 0 aliphatic heterocycles. The number of carbonyl (C=O) groups is 1. The van der Waals surface area contributed by atoms with Crippen molar-refractivity contribution in [3.05, 3.63) is 52.3 Å². The van der Waals surface area contributed by atoms with E-state index in [-0.39, 0.29) is 5.91 Å². The minimum Gasteiger partial charge on any atom is -0.353 e. The van der Waals surface area contributed by atoms with Gasteiger partial charge in [-0.25, -0.2) is 0 Å². The molecule has 28 heavy (non-hydrogen) atoms. The highest BCUT2D eigenvalue weighted by molar-refractivity contribution is 6.30. The third-order valence-corrected chi connectivity index (χ3v) is 6.97. The molecule has 0 unspecified atom stereocenters. The van der Waals surface area contributed by atoms with Crippen LogP contribution in [0.5, 0.6) is 0 Å². The zero-order chi connectivity index (χ0) is 19.1. The van der Waals surface area contributed by atoms with Gasteiger partial charge in [-0.2, -0.15) is 5.10 Å². The average molecular weight is 398 g/mol. The second kappa shape index (κ2) is 7.22. The zero-order valence-electron chi connectivity index (χ0n) is 16.3. The van der Waals surface area contributed by atoms with Crippen molar-refractivity contribution in [3.63, 3.8) is 0 Å². The fraction of sp³-hybridized carbons (Fsp3) is 0.565. The lowest BCUT2D eigenvalue weighted by atomic mass is 9.78. The molecule has 1 amide bonds. The molecule has 3 saturated carbocycles. The molecule has 1 aromatic carbocycles. The standard InChI is InChI=1S/C23H28ClN3O/c24-19-9-7-18(8-10-19)23(11-1-2-12-23)22(28)25-13-14-27-21(17-5-6-17)15-20(26-27)16-3-4-16/h7-10,15-17H,1-6,11-14H2,(H,25,28). The number of hydrogen-bond donors (Lipinski definition) is 1. The van der Waals surface area contributed by atoms with E-state index in [1.807, 2.05) is 24.3 Å². The lowest BCUT2D eigenvalue weighted by Crippen LogP contribution is -2.43. The van der Waals surface area contributed by atoms with Crippen molar-refractivity contribution >= 4 is 17.5 Å². The summed E-state index contributed by atoms with van der Waals surface area (Å²) in [4.78, 5) is 13.2. The van der Waals surface area contributed by atoms with Crippen molar-refractivity contribution in [2.75, 3.05) is 6.54 Å². The number of aromatic nitrogens is 2. The number of amides is 1. The van der Waals surface area contributed by atoms with Gasteiger partial charge in [-0.1, -0.05) is 36.6 Å². The van der Waals surface area contributed by atoms with E-state index in [1.54, 1.807) is 0 Å². The first-order chi connectivity index (χ1) is 13.7. The highest BCUT2D eigenvalue weighted by Crippen LogP contribution is 2.45. The van der Waals surface area contributed by atoms with E-state index < -0.39 is 5.41 Å². The number of nitrogens with zero attached hydrogens (tertiary/aromatic N) is 2. The maximum absolute atomic E-state index is 13.2. The molecular weight excluding hydrogens is 370 g/mol. The summed E-state index contributed by atoms with van der Waals surface area (Å²) in [6.07, 6.45) is 9.16. The maximum Gasteiger partial charge on any atom is 0.230 e. The Hall–Kier alpha value is -1.81. The fourth-order valence-corrected chi connectivity index (χ4v) is 4.88. The largest absolute Gasteiger partial charge is 0.353 e. The van der Waals surface area contributed by atoms with E-state index in [0.717, 1.165) is 42.8 Å². The van der Waals surface area contributed by atoms with E-state index in [1.165, 1.54) is 37.1 Å². The van der Waals surface area contributed by atoms with E-state index in [0.29, 0.717) is 18.4 Å². The Kier molecular flexibility index (Phi) is 4.70. The Morgan fingerprint density at radius 2 is 1.79 bits per heavy atom. The molecule has 3 fully saturated rings. The van der Waals surface area contributed by atoms with Crippen molar-refractivity contribution in [3.8, 4) is 0 Å². The van der Waals surface area contributed by atoms with Gasteiger partial charge in [0, 0.05) is 29.1 Å². The number of benzene rings is 1. The lowest BCUT2D eigenvalue weighted by Gasteiger charge is -2.28. The molecule has 148 valence electrons. The summed E-state index contributed by atoms with van der Waals surface area (Å²) in [6.45, 7) is 1.40. The van der Waals surface area contributed by atoms with Gasteiger partial charge in [-0.15, -0.1) is 0 Å². The molecule has 0 atom stereocenters. The van der Waals surface area contributed by atoms with Gasteiger partial charge in [-0.05, 0) is 62.3 Å². The topological polar surface area (TPSA) is 46.9 Å². The van der Waals surface area contributed by atoms with Gasteiger partial charge in [0.1, 0.15) is 0 Å². The molecule has 5 heteroatoms. The molecule has 1 aromatic heterocycles. The number of nitrogens with one attached hydrogen (secondary N) is 1. The Morgan fingerprint density at radius 1 is 1.11 bits per heavy atom. The van der Waals surface area contributed by atoms with Crippen LogP contribution in [0.25, 0.3) is 0 Å². The molecular formula is C23H28ClN3O. The monoisotopic (exact) mass is 397 g/mol. The van der Waals surface area contributed by atoms with Crippen LogP contribution in [0.1, 0.15) is 80.2 Å². The first-order valence-corrected chi connectivity index (χ1v) is 11.2. The predicted octanol–water partition coefficient (Wildman–Crippen LogP) is 4.92. The molecule has 0 spiro atoms. The van der Waals surface area contributed by atoms with E-state index in [9.17, 15) is 4.79 Å². The molecule has 3 aliphatic carbocycles. The molecule has 3 aliphatic rings. The highest BCUT2D eigenvalue weighted by Gasteiger charge is 2.42. The van der Waals surface area contributed by atoms with Crippen LogP contribution in [0.3, 0.4) is 0 Å². The van der Waals surface area contributed by atoms with Crippen LogP contribution in [-0.4, -0.2) is 22.2 Å². The van der Waals surface area contributed by atoms with Crippen LogP contribution in [0.15, 0.2) is 30.3 Å². The molecule has 1 heterocycles. The lowest BCUT2D eigenvalue weighted by molar-refractivity contribution is -0.126. The van der Waals surface area contributed by atoms with Crippen molar-refractivity contribution in [1.82, 2.24) is 15.1 Å². The number of carbonyl (C=O) groups excluding carboxylic acids is 1. The van der Waals surface area contributed by atoms with Gasteiger partial charge in [0.2, 0.25) is 5.91 Å². The quantitative estimate of drug-likeness (QED) is 0.720. The van der Waals surface area contributed by atoms with E-state index in [4.69, 9.17) is 16.7 Å². The summed E-state index contributed by atoms with van der Waals surface area (Å²) in [7, 11) is 0. The predicted molar refractivity (Wildman–Crippen MR) is 111 cm³/mol. The van der Waals surface area contributed by atoms with Crippen molar-refractivity contribution in [2.24, 2.45) is 0 Å². The first kappa shape index (κ1) is 18.2. The molecule has 1 N–H and O–H groups in total. The third-order valence-electron chi connectivity index (χ3n) is 6.72. The second-order valence-electron chi connectivity index (χ2n) is 8.82. The zero-order valence-corrected chi connectivity index (χ0v) is 17.0. The maximum atomic E-state index is 13.2. The summed E-state index contributed by atoms with van der Waals surface area (Å²) in [6, 6.07) is 10.2. The Balaban J connectivity index is 1.27. The summed E-state index contributed by atoms with van der Waals surface area (Å²) < 4.78 is 2.16. The van der Waals surface area contributed by atoms with Gasteiger partial charge >= 0.3 is 0 Å². The molecule has 0 radical (unpaired) electrons. The average Bonchev–Trinajstić information content (AvgIpc) is 3.64. The second-order valence-corrected chi connectivity index (χ2v) is 9.25. The summed E-state index contributed by atoms with van der Waals surface area (Å²) in [5, 5.41) is 8.82. The van der Waals surface area contributed by atoms with E-state index in [2.05, 4.69) is 16.1 Å². The van der Waals surface area contributed by atoms with E-state index >= 15 is 0 Å². The van der Waals surface area contributed by atoms with Crippen molar-refractivity contribution in [2.45, 2.75) is 75.2 Å². The third kappa shape index (κ3) is 3.47. The van der Waals surface area contributed by atoms with Gasteiger partial charge < -0.3 is 5.32 Å². The number of hydrogen-bond acceptors (Lipinski definition) is 2. The van der Waals surface area contributed by atoms with Crippen LogP contribution in [0.4, 0.5) is 0 Å². The molecule has 2 aromatic rings. The van der Waals surface area contributed by atoms with Crippen LogP contribution in [-0.2, 0) is 16.8 Å². The minimum absolute atomic E-state index is 0.162. The van der Waals surface area contributed by atoms with Gasteiger partial charge in [0.15, 0.2) is 0 Å². The number of rotatable bonds is 7. The minimum atomic E-state index is -0.396. The molecule has 4 nitrogen and oxygen atoms in total. The Morgan fingerprint density at radius 3 is 2.43 bits per heavy atom. The van der Waals surface area contributed by atoms with Gasteiger partial charge in [0.25, 0.3) is 0 Å². The van der Waals surface area contributed by atoms with Gasteiger partial charge in [0.05, 0.1) is 17.7 Å². The first-order valence-electron chi connectivity index (χ1n) is 10.8. The number of halogens is 1. The summed E-state index contributed by atoms with van der Waals surface area (Å²) in [5.41, 5.74) is 3.35. The Labute approximate surface area is 171 Å². The fourth-order valence-electron chi connectivity index (χ4n) is 4.76. The van der Waals surface area contributed by atoms with Gasteiger partial charge in [-0.3, -0.25) is 9.48 Å². The molecule has 0 saturated heterocycles. The summed E-state index contributed by atoms with van der Waals surface area (Å²) in [5.74, 6) is 1.53. The molecule has 0 bridgehead atoms. The van der Waals surface area contributed by atoms with Crippen LogP contribution >= 0.6 is 11.6 Å². The van der Waals surface area contributed by atoms with Crippen molar-refractivity contribution < 1.29 is 4.79 Å². The van der Waals surface area contributed by atoms with Crippen molar-refractivity contribution in [1.29, 1.82) is 0 Å². The normalized spacial score (nSPS) is 21.0. The van der Waals surface area contributed by atoms with Crippen LogP contribution in [0.2, 0.25) is 5.02 Å².